The van der Waals surface area contributed by atoms with Gasteiger partial charge in [-0.2, -0.15) is 0 Å². The van der Waals surface area contributed by atoms with Crippen molar-refractivity contribution < 1.29 is 0 Å². The quantitative estimate of drug-likeness (QED) is 0.607. The van der Waals surface area contributed by atoms with Crippen LogP contribution in [0.3, 0.4) is 0 Å². The standard InChI is InChI=1S/C16H18.C2H6/c1-11-9-13(3)14(4)16(10-11)15-8-6-5-7-12(15)2;1-2/h5-10H,1-4H3;1-2H3. The lowest BCUT2D eigenvalue weighted by molar-refractivity contribution is 1.29. The van der Waals surface area contributed by atoms with Gasteiger partial charge in [0.2, 0.25) is 0 Å². The van der Waals surface area contributed by atoms with Crippen molar-refractivity contribution >= 4 is 0 Å². The van der Waals surface area contributed by atoms with Crippen molar-refractivity contribution in [2.75, 3.05) is 0 Å². The lowest BCUT2D eigenvalue weighted by atomic mass is 9.92. The third-order valence-electron chi connectivity index (χ3n) is 3.25. The van der Waals surface area contributed by atoms with E-state index in [9.17, 15) is 0 Å². The fourth-order valence-corrected chi connectivity index (χ4v) is 2.19. The van der Waals surface area contributed by atoms with E-state index in [-0.39, 0.29) is 0 Å². The van der Waals surface area contributed by atoms with E-state index in [1.165, 1.54) is 33.4 Å². The van der Waals surface area contributed by atoms with Crippen LogP contribution in [0.25, 0.3) is 11.1 Å². The normalized spacial score (nSPS) is 9.67. The fraction of sp³-hybridized carbons (Fsp3) is 0.333. The molecule has 96 valence electrons. The molecule has 0 fully saturated rings. The highest BCUT2D eigenvalue weighted by atomic mass is 14.1. The van der Waals surface area contributed by atoms with Crippen LogP contribution in [0.1, 0.15) is 36.1 Å². The molecule has 0 radical (unpaired) electrons. The van der Waals surface area contributed by atoms with Gasteiger partial charge in [-0.1, -0.05) is 55.8 Å². The number of benzene rings is 2. The van der Waals surface area contributed by atoms with Crippen molar-refractivity contribution in [2.45, 2.75) is 41.5 Å². The first-order valence-electron chi connectivity index (χ1n) is 6.73. The molecule has 0 atom stereocenters. The second-order valence-corrected chi connectivity index (χ2v) is 4.57. The van der Waals surface area contributed by atoms with Gasteiger partial charge >= 0.3 is 0 Å². The molecule has 0 saturated heterocycles. The predicted molar refractivity (Wildman–Crippen MR) is 82.2 cm³/mol. The summed E-state index contributed by atoms with van der Waals surface area (Å²) >= 11 is 0. The van der Waals surface area contributed by atoms with Crippen molar-refractivity contribution in [3.8, 4) is 11.1 Å². The molecule has 0 bridgehead atoms. The molecule has 18 heavy (non-hydrogen) atoms. The second kappa shape index (κ2) is 6.39. The summed E-state index contributed by atoms with van der Waals surface area (Å²) in [6.07, 6.45) is 0. The molecule has 2 rings (SSSR count). The summed E-state index contributed by atoms with van der Waals surface area (Å²) in [5, 5.41) is 0. The van der Waals surface area contributed by atoms with Gasteiger partial charge < -0.3 is 0 Å². The Morgan fingerprint density at radius 2 is 1.28 bits per heavy atom. The number of hydrogen-bond acceptors (Lipinski definition) is 0. The maximum absolute atomic E-state index is 2.28. The minimum atomic E-state index is 1.33. The highest BCUT2D eigenvalue weighted by molar-refractivity contribution is 5.72. The SMILES string of the molecule is CC.Cc1cc(C)c(C)c(-c2ccccc2C)c1. The van der Waals surface area contributed by atoms with Crippen molar-refractivity contribution in [2.24, 2.45) is 0 Å². The zero-order valence-electron chi connectivity index (χ0n) is 12.5. The van der Waals surface area contributed by atoms with Crippen LogP contribution in [0.2, 0.25) is 0 Å². The molecule has 0 saturated carbocycles. The molecule has 0 heterocycles. The Hall–Kier alpha value is -1.56. The van der Waals surface area contributed by atoms with Crippen LogP contribution in [0.5, 0.6) is 0 Å². The van der Waals surface area contributed by atoms with Crippen LogP contribution in [0, 0.1) is 27.7 Å². The van der Waals surface area contributed by atoms with Crippen molar-refractivity contribution in [1.82, 2.24) is 0 Å². The first-order valence-corrected chi connectivity index (χ1v) is 6.73. The van der Waals surface area contributed by atoms with Crippen LogP contribution in [-0.2, 0) is 0 Å². The summed E-state index contributed by atoms with van der Waals surface area (Å²) in [7, 11) is 0. The zero-order valence-corrected chi connectivity index (χ0v) is 12.5. The maximum Gasteiger partial charge on any atom is -0.0147 e. The van der Waals surface area contributed by atoms with E-state index < -0.39 is 0 Å². The summed E-state index contributed by atoms with van der Waals surface area (Å²) in [5.41, 5.74) is 8.16. The maximum atomic E-state index is 2.28. The Bertz CT molecular complexity index is 522. The van der Waals surface area contributed by atoms with Gasteiger partial charge in [-0.05, 0) is 55.5 Å². The average Bonchev–Trinajstić information content (AvgIpc) is 2.37. The van der Waals surface area contributed by atoms with E-state index in [2.05, 4.69) is 64.1 Å². The summed E-state index contributed by atoms with van der Waals surface area (Å²) in [6.45, 7) is 12.7. The Balaban J connectivity index is 0.000000771. The largest absolute Gasteiger partial charge is 0.0683 e. The third kappa shape index (κ3) is 3.01. The molecule has 2 aromatic carbocycles. The number of rotatable bonds is 1. The van der Waals surface area contributed by atoms with Gasteiger partial charge in [0.15, 0.2) is 0 Å². The van der Waals surface area contributed by atoms with Crippen LogP contribution in [-0.4, -0.2) is 0 Å². The van der Waals surface area contributed by atoms with E-state index in [0.717, 1.165) is 0 Å². The lowest BCUT2D eigenvalue weighted by Gasteiger charge is -2.12. The summed E-state index contributed by atoms with van der Waals surface area (Å²) in [5.74, 6) is 0. The molecule has 0 heteroatoms. The lowest BCUT2D eigenvalue weighted by Crippen LogP contribution is -1.91. The van der Waals surface area contributed by atoms with Gasteiger partial charge in [-0.3, -0.25) is 0 Å². The van der Waals surface area contributed by atoms with E-state index >= 15 is 0 Å². The van der Waals surface area contributed by atoms with Crippen molar-refractivity contribution in [1.29, 1.82) is 0 Å². The number of aryl methyl sites for hydroxylation is 3. The summed E-state index contributed by atoms with van der Waals surface area (Å²) in [6, 6.07) is 13.1. The van der Waals surface area contributed by atoms with Gasteiger partial charge in [0, 0.05) is 0 Å². The van der Waals surface area contributed by atoms with Crippen molar-refractivity contribution in [3.05, 3.63) is 58.7 Å². The van der Waals surface area contributed by atoms with Crippen LogP contribution < -0.4 is 0 Å². The summed E-state index contributed by atoms with van der Waals surface area (Å²) in [4.78, 5) is 0. The first-order chi connectivity index (χ1) is 8.59. The Morgan fingerprint density at radius 1 is 0.667 bits per heavy atom. The van der Waals surface area contributed by atoms with Gasteiger partial charge in [-0.25, -0.2) is 0 Å². The predicted octanol–water partition coefficient (Wildman–Crippen LogP) is 5.61. The molecule has 0 aliphatic heterocycles. The molecule has 2 aromatic rings. The fourth-order valence-electron chi connectivity index (χ4n) is 2.19. The molecule has 0 aromatic heterocycles. The van der Waals surface area contributed by atoms with Crippen LogP contribution in [0.15, 0.2) is 36.4 Å². The molecule has 0 unspecified atom stereocenters. The zero-order chi connectivity index (χ0) is 13.7. The average molecular weight is 240 g/mol. The third-order valence-corrected chi connectivity index (χ3v) is 3.25. The minimum absolute atomic E-state index is 1.33. The molecular formula is C18H24. The van der Waals surface area contributed by atoms with E-state index in [1.807, 2.05) is 13.8 Å². The van der Waals surface area contributed by atoms with Gasteiger partial charge in [0.25, 0.3) is 0 Å². The first kappa shape index (κ1) is 14.5. The van der Waals surface area contributed by atoms with Crippen LogP contribution in [0.4, 0.5) is 0 Å². The summed E-state index contributed by atoms with van der Waals surface area (Å²) < 4.78 is 0. The van der Waals surface area contributed by atoms with E-state index in [1.54, 1.807) is 0 Å². The van der Waals surface area contributed by atoms with Gasteiger partial charge in [0.1, 0.15) is 0 Å². The molecule has 0 N–H and O–H groups in total. The molecule has 0 nitrogen and oxygen atoms in total. The van der Waals surface area contributed by atoms with E-state index in [0.29, 0.717) is 0 Å². The Kier molecular flexibility index (Phi) is 5.15. The van der Waals surface area contributed by atoms with Crippen LogP contribution >= 0.6 is 0 Å². The number of hydrogen-bond donors (Lipinski definition) is 0. The second-order valence-electron chi connectivity index (χ2n) is 4.57. The highest BCUT2D eigenvalue weighted by Gasteiger charge is 2.06. The highest BCUT2D eigenvalue weighted by Crippen LogP contribution is 2.29. The smallest absolute Gasteiger partial charge is 0.0147 e. The monoisotopic (exact) mass is 240 g/mol. The van der Waals surface area contributed by atoms with Crippen molar-refractivity contribution in [3.63, 3.8) is 0 Å². The van der Waals surface area contributed by atoms with E-state index in [4.69, 9.17) is 0 Å². The minimum Gasteiger partial charge on any atom is -0.0683 e. The topological polar surface area (TPSA) is 0 Å². The molecule has 0 amide bonds. The molecule has 0 spiro atoms. The molecular weight excluding hydrogens is 216 g/mol. The molecule has 0 aliphatic carbocycles. The Labute approximate surface area is 112 Å². The van der Waals surface area contributed by atoms with Gasteiger partial charge in [0.05, 0.1) is 0 Å². The molecule has 0 aliphatic rings. The Morgan fingerprint density at radius 3 is 1.89 bits per heavy atom. The van der Waals surface area contributed by atoms with Gasteiger partial charge in [-0.15, -0.1) is 0 Å².